The zero-order valence-electron chi connectivity index (χ0n) is 12.3. The van der Waals surface area contributed by atoms with Crippen LogP contribution in [0.1, 0.15) is 26.5 Å². The molecule has 0 aliphatic carbocycles. The van der Waals surface area contributed by atoms with Crippen molar-refractivity contribution in [2.24, 2.45) is 0 Å². The molecular formula is C15H18N4O2. The molecule has 0 spiro atoms. The van der Waals surface area contributed by atoms with Gasteiger partial charge in [0.05, 0.1) is 16.2 Å². The molecule has 0 aliphatic heterocycles. The van der Waals surface area contributed by atoms with E-state index in [-0.39, 0.29) is 11.2 Å². The highest BCUT2D eigenvalue weighted by Gasteiger charge is 2.17. The van der Waals surface area contributed by atoms with Crippen molar-refractivity contribution in [2.75, 3.05) is 0 Å². The van der Waals surface area contributed by atoms with Gasteiger partial charge in [0.1, 0.15) is 0 Å². The van der Waals surface area contributed by atoms with E-state index in [9.17, 15) is 10.1 Å². The van der Waals surface area contributed by atoms with Crippen molar-refractivity contribution in [3.05, 3.63) is 52.3 Å². The number of para-hydroxylation sites is 1. The van der Waals surface area contributed by atoms with Crippen LogP contribution in [-0.2, 0) is 6.54 Å². The maximum absolute atomic E-state index is 11.1. The van der Waals surface area contributed by atoms with Crippen molar-refractivity contribution < 1.29 is 4.92 Å². The van der Waals surface area contributed by atoms with E-state index < -0.39 is 4.92 Å². The van der Waals surface area contributed by atoms with Gasteiger partial charge in [0.2, 0.25) is 0 Å². The summed E-state index contributed by atoms with van der Waals surface area (Å²) in [5.74, 6) is 0.371. The topological polar surface area (TPSA) is 81.0 Å². The third-order valence-electron chi connectivity index (χ3n) is 2.85. The molecule has 21 heavy (non-hydrogen) atoms. The summed E-state index contributed by atoms with van der Waals surface area (Å²) in [6.45, 7) is 6.78. The fourth-order valence-electron chi connectivity index (χ4n) is 1.80. The molecule has 0 aliphatic rings. The van der Waals surface area contributed by atoms with Gasteiger partial charge in [0.25, 0.3) is 5.69 Å². The summed E-state index contributed by atoms with van der Waals surface area (Å²) in [4.78, 5) is 19.2. The SMILES string of the molecule is CC(C)(C)NCc1ccnc(-c2ccccc2[N+](=O)[O-])n1. The molecule has 0 unspecified atom stereocenters. The van der Waals surface area contributed by atoms with E-state index in [1.807, 2.05) is 0 Å². The first-order chi connectivity index (χ1) is 9.87. The Bertz CT molecular complexity index is 650. The number of benzene rings is 1. The normalized spacial score (nSPS) is 11.4. The maximum atomic E-state index is 11.1. The molecule has 1 aromatic heterocycles. The van der Waals surface area contributed by atoms with Gasteiger partial charge < -0.3 is 5.32 Å². The molecule has 1 aromatic carbocycles. The molecule has 0 amide bonds. The Labute approximate surface area is 123 Å². The molecule has 0 bridgehead atoms. The van der Waals surface area contributed by atoms with Crippen LogP contribution in [0.4, 0.5) is 5.69 Å². The van der Waals surface area contributed by atoms with Crippen molar-refractivity contribution in [2.45, 2.75) is 32.9 Å². The molecule has 0 saturated carbocycles. The molecule has 6 nitrogen and oxygen atoms in total. The largest absolute Gasteiger partial charge is 0.306 e. The predicted molar refractivity (Wildman–Crippen MR) is 80.7 cm³/mol. The van der Waals surface area contributed by atoms with Crippen molar-refractivity contribution in [3.63, 3.8) is 0 Å². The molecule has 0 radical (unpaired) electrons. The average Bonchev–Trinajstić information content (AvgIpc) is 2.45. The molecule has 2 rings (SSSR count). The summed E-state index contributed by atoms with van der Waals surface area (Å²) in [6.07, 6.45) is 1.62. The average molecular weight is 286 g/mol. The quantitative estimate of drug-likeness (QED) is 0.690. The van der Waals surface area contributed by atoms with E-state index in [2.05, 4.69) is 36.1 Å². The van der Waals surface area contributed by atoms with Crippen LogP contribution < -0.4 is 5.32 Å². The molecule has 0 atom stereocenters. The van der Waals surface area contributed by atoms with E-state index >= 15 is 0 Å². The maximum Gasteiger partial charge on any atom is 0.280 e. The number of hydrogen-bond acceptors (Lipinski definition) is 5. The summed E-state index contributed by atoms with van der Waals surface area (Å²) in [6, 6.07) is 8.29. The number of rotatable bonds is 4. The molecule has 1 heterocycles. The number of nitrogens with zero attached hydrogens (tertiary/aromatic N) is 3. The molecule has 6 heteroatoms. The number of nitro groups is 1. The third kappa shape index (κ3) is 4.06. The van der Waals surface area contributed by atoms with Crippen LogP contribution in [0.2, 0.25) is 0 Å². The summed E-state index contributed by atoms with van der Waals surface area (Å²) < 4.78 is 0. The van der Waals surface area contributed by atoms with E-state index in [1.54, 1.807) is 30.5 Å². The van der Waals surface area contributed by atoms with E-state index in [0.29, 0.717) is 17.9 Å². The van der Waals surface area contributed by atoms with E-state index in [4.69, 9.17) is 0 Å². The highest BCUT2D eigenvalue weighted by molar-refractivity contribution is 5.67. The van der Waals surface area contributed by atoms with Crippen LogP contribution in [0.3, 0.4) is 0 Å². The Morgan fingerprint density at radius 1 is 1.24 bits per heavy atom. The van der Waals surface area contributed by atoms with Gasteiger partial charge in [-0.25, -0.2) is 9.97 Å². The van der Waals surface area contributed by atoms with Crippen LogP contribution in [0.5, 0.6) is 0 Å². The third-order valence-corrected chi connectivity index (χ3v) is 2.85. The summed E-state index contributed by atoms with van der Waals surface area (Å²) in [7, 11) is 0. The smallest absolute Gasteiger partial charge is 0.280 e. The fourth-order valence-corrected chi connectivity index (χ4v) is 1.80. The van der Waals surface area contributed by atoms with Gasteiger partial charge in [0.15, 0.2) is 5.82 Å². The molecular weight excluding hydrogens is 268 g/mol. The van der Waals surface area contributed by atoms with Crippen molar-refractivity contribution in [1.82, 2.24) is 15.3 Å². The minimum atomic E-state index is -0.418. The lowest BCUT2D eigenvalue weighted by atomic mass is 10.1. The lowest BCUT2D eigenvalue weighted by Gasteiger charge is -2.20. The second kappa shape index (κ2) is 5.97. The minimum Gasteiger partial charge on any atom is -0.306 e. The summed E-state index contributed by atoms with van der Waals surface area (Å²) >= 11 is 0. The minimum absolute atomic E-state index is 0.0124. The van der Waals surface area contributed by atoms with E-state index in [0.717, 1.165) is 5.69 Å². The summed E-state index contributed by atoms with van der Waals surface area (Å²) in [5, 5.41) is 14.4. The first-order valence-electron chi connectivity index (χ1n) is 6.67. The second-order valence-electron chi connectivity index (χ2n) is 5.75. The first kappa shape index (κ1) is 15.1. The van der Waals surface area contributed by atoms with Crippen LogP contribution in [-0.4, -0.2) is 20.4 Å². The van der Waals surface area contributed by atoms with Crippen LogP contribution >= 0.6 is 0 Å². The highest BCUT2D eigenvalue weighted by Crippen LogP contribution is 2.26. The van der Waals surface area contributed by atoms with Gasteiger partial charge in [-0.15, -0.1) is 0 Å². The van der Waals surface area contributed by atoms with Gasteiger partial charge in [-0.1, -0.05) is 12.1 Å². The Balaban J connectivity index is 2.32. The van der Waals surface area contributed by atoms with Crippen LogP contribution in [0, 0.1) is 10.1 Å². The zero-order valence-corrected chi connectivity index (χ0v) is 12.3. The molecule has 0 fully saturated rings. The zero-order chi connectivity index (χ0) is 15.5. The molecule has 0 saturated heterocycles. The van der Waals surface area contributed by atoms with Gasteiger partial charge >= 0.3 is 0 Å². The first-order valence-corrected chi connectivity index (χ1v) is 6.67. The van der Waals surface area contributed by atoms with Gasteiger partial charge in [-0.05, 0) is 32.9 Å². The number of nitrogens with one attached hydrogen (secondary N) is 1. The Morgan fingerprint density at radius 2 is 1.95 bits per heavy atom. The van der Waals surface area contributed by atoms with Crippen molar-refractivity contribution in [1.29, 1.82) is 0 Å². The molecule has 110 valence electrons. The molecule has 2 aromatic rings. The highest BCUT2D eigenvalue weighted by atomic mass is 16.6. The fraction of sp³-hybridized carbons (Fsp3) is 0.333. The van der Waals surface area contributed by atoms with Gasteiger partial charge in [-0.3, -0.25) is 10.1 Å². The Kier molecular flexibility index (Phi) is 4.28. The monoisotopic (exact) mass is 286 g/mol. The van der Waals surface area contributed by atoms with Crippen LogP contribution in [0.25, 0.3) is 11.4 Å². The van der Waals surface area contributed by atoms with Crippen LogP contribution in [0.15, 0.2) is 36.5 Å². The number of aromatic nitrogens is 2. The van der Waals surface area contributed by atoms with Crippen molar-refractivity contribution >= 4 is 5.69 Å². The molecule has 1 N–H and O–H groups in total. The predicted octanol–water partition coefficient (Wildman–Crippen LogP) is 2.94. The number of nitro benzene ring substituents is 1. The number of hydrogen-bond donors (Lipinski definition) is 1. The lowest BCUT2D eigenvalue weighted by molar-refractivity contribution is -0.384. The van der Waals surface area contributed by atoms with E-state index in [1.165, 1.54) is 6.07 Å². The van der Waals surface area contributed by atoms with Gasteiger partial charge in [-0.2, -0.15) is 0 Å². The van der Waals surface area contributed by atoms with Gasteiger partial charge in [0, 0.05) is 24.3 Å². The Morgan fingerprint density at radius 3 is 2.62 bits per heavy atom. The standard InChI is InChI=1S/C15H18N4O2/c1-15(2,3)17-10-11-8-9-16-14(18-11)12-6-4-5-7-13(12)19(20)21/h4-9,17H,10H2,1-3H3. The lowest BCUT2D eigenvalue weighted by Crippen LogP contribution is -2.35. The Hall–Kier alpha value is -2.34. The second-order valence-corrected chi connectivity index (χ2v) is 5.75. The summed E-state index contributed by atoms with van der Waals surface area (Å²) in [5.41, 5.74) is 1.22. The van der Waals surface area contributed by atoms with Crippen molar-refractivity contribution in [3.8, 4) is 11.4 Å².